The Kier molecular flexibility index (Phi) is 9.47. The Morgan fingerprint density at radius 2 is 1.70 bits per heavy atom. The standard InChI is InChI=1S/C30H42N8O9/c31-26-23-27(33-14-32-26)37(15-34-23)28-25(45)24(44)21(47-28)8-38(30(46,12-42)13-43)18-5-16(6-18)1-4-22-35-19-3-2-17(7-20(19)36-22)29(9-39,10-40)11-41/h2-3,7,14-16,18,21,24-25,28,39-46H,1,4-6,8-13H2,(H,35,36)(H2,31,32,33). The third-order valence-corrected chi connectivity index (χ3v) is 9.91. The predicted molar refractivity (Wildman–Crippen MR) is 165 cm³/mol. The lowest BCUT2D eigenvalue weighted by Gasteiger charge is -2.50. The van der Waals surface area contributed by atoms with E-state index in [1.165, 1.54) is 22.1 Å². The Labute approximate surface area is 268 Å². The van der Waals surface area contributed by atoms with Crippen LogP contribution in [-0.4, -0.2) is 145 Å². The van der Waals surface area contributed by atoms with E-state index in [0.29, 0.717) is 36.0 Å². The Hall–Kier alpha value is -3.36. The zero-order chi connectivity index (χ0) is 33.5. The molecule has 4 unspecified atom stereocenters. The maximum atomic E-state index is 11.2. The summed E-state index contributed by atoms with van der Waals surface area (Å²) in [4.78, 5) is 21.8. The molecule has 11 N–H and O–H groups in total. The van der Waals surface area contributed by atoms with Crippen molar-refractivity contribution in [2.24, 2.45) is 5.92 Å². The molecule has 17 heteroatoms. The van der Waals surface area contributed by atoms with Crippen LogP contribution in [0.15, 0.2) is 30.9 Å². The van der Waals surface area contributed by atoms with Crippen molar-refractivity contribution in [3.8, 4) is 0 Å². The fraction of sp³-hybridized carbons (Fsp3) is 0.600. The van der Waals surface area contributed by atoms with Crippen LogP contribution in [0.5, 0.6) is 0 Å². The van der Waals surface area contributed by atoms with Gasteiger partial charge in [-0.25, -0.2) is 19.9 Å². The number of nitrogens with two attached hydrogens (primary N) is 1. The first-order valence-electron chi connectivity index (χ1n) is 15.6. The lowest BCUT2D eigenvalue weighted by Crippen LogP contribution is -2.63. The third kappa shape index (κ3) is 5.97. The molecule has 4 atom stereocenters. The number of aliphatic hydroxyl groups excluding tert-OH is 7. The Morgan fingerprint density at radius 1 is 0.979 bits per heavy atom. The van der Waals surface area contributed by atoms with Crippen LogP contribution in [0, 0.1) is 5.92 Å². The first-order valence-corrected chi connectivity index (χ1v) is 15.6. The number of nitrogens with one attached hydrogen (secondary N) is 1. The van der Waals surface area contributed by atoms with Gasteiger partial charge in [-0.05, 0) is 42.9 Å². The molecule has 17 nitrogen and oxygen atoms in total. The summed E-state index contributed by atoms with van der Waals surface area (Å²) in [5.41, 5.74) is 5.41. The molecule has 2 aliphatic rings. The molecule has 1 aliphatic heterocycles. The van der Waals surface area contributed by atoms with E-state index in [0.717, 1.165) is 23.3 Å². The van der Waals surface area contributed by atoms with E-state index in [2.05, 4.69) is 24.9 Å². The molecule has 1 aromatic carbocycles. The van der Waals surface area contributed by atoms with Gasteiger partial charge in [0, 0.05) is 19.0 Å². The smallest absolute Gasteiger partial charge is 0.167 e. The fourth-order valence-electron chi connectivity index (χ4n) is 6.72. The van der Waals surface area contributed by atoms with Gasteiger partial charge in [-0.1, -0.05) is 6.07 Å². The molecule has 4 aromatic rings. The summed E-state index contributed by atoms with van der Waals surface area (Å²) in [6.45, 7) is -2.83. The minimum Gasteiger partial charge on any atom is -0.395 e. The van der Waals surface area contributed by atoms with Gasteiger partial charge in [0.15, 0.2) is 23.4 Å². The topological polar surface area (TPSA) is 273 Å². The molecule has 0 spiro atoms. The molecule has 256 valence electrons. The van der Waals surface area contributed by atoms with Crippen molar-refractivity contribution < 1.29 is 45.6 Å². The summed E-state index contributed by atoms with van der Waals surface area (Å²) >= 11 is 0. The number of H-pyrrole nitrogens is 1. The Bertz CT molecular complexity index is 1660. The number of rotatable bonds is 14. The molecule has 0 radical (unpaired) electrons. The minimum absolute atomic E-state index is 0.0869. The summed E-state index contributed by atoms with van der Waals surface area (Å²) < 4.78 is 7.53. The van der Waals surface area contributed by atoms with Gasteiger partial charge in [-0.3, -0.25) is 9.47 Å². The Morgan fingerprint density at radius 3 is 2.38 bits per heavy atom. The van der Waals surface area contributed by atoms with Gasteiger partial charge in [0.2, 0.25) is 0 Å². The van der Waals surface area contributed by atoms with Crippen LogP contribution in [0.2, 0.25) is 0 Å². The number of anilines is 1. The second kappa shape index (κ2) is 13.3. The fourth-order valence-corrected chi connectivity index (χ4v) is 6.72. The predicted octanol–water partition coefficient (Wildman–Crippen LogP) is -2.49. The molecule has 2 fully saturated rings. The van der Waals surface area contributed by atoms with Gasteiger partial charge in [0.05, 0.1) is 55.8 Å². The van der Waals surface area contributed by atoms with Crippen LogP contribution in [0.4, 0.5) is 5.82 Å². The SMILES string of the molecule is Nc1ncnc2c1ncn2C1OC(CN(C2CC(CCc3nc4ccc(C(CO)(CO)CO)cc4[nH]3)C2)C(O)(CO)CO)C(O)C1O. The quantitative estimate of drug-likeness (QED) is 0.0628. The van der Waals surface area contributed by atoms with Crippen molar-refractivity contribution in [1.29, 1.82) is 0 Å². The van der Waals surface area contributed by atoms with E-state index in [9.17, 15) is 40.9 Å². The highest BCUT2D eigenvalue weighted by Crippen LogP contribution is 2.40. The molecule has 0 amide bonds. The number of aromatic amines is 1. The van der Waals surface area contributed by atoms with Crippen LogP contribution < -0.4 is 5.73 Å². The number of fused-ring (bicyclic) bond motifs is 2. The van der Waals surface area contributed by atoms with Crippen molar-refractivity contribution in [2.45, 2.75) is 67.4 Å². The molecule has 4 heterocycles. The number of ether oxygens (including phenoxy) is 1. The van der Waals surface area contributed by atoms with E-state index in [1.54, 1.807) is 18.2 Å². The molecule has 47 heavy (non-hydrogen) atoms. The summed E-state index contributed by atoms with van der Waals surface area (Å²) in [5.74, 6) is 1.15. The monoisotopic (exact) mass is 658 g/mol. The van der Waals surface area contributed by atoms with E-state index >= 15 is 0 Å². The van der Waals surface area contributed by atoms with Gasteiger partial charge in [-0.2, -0.15) is 0 Å². The molecule has 1 saturated heterocycles. The number of aryl methyl sites for hydroxylation is 1. The number of aliphatic hydroxyl groups is 8. The number of nitrogens with zero attached hydrogens (tertiary/aromatic N) is 6. The molecule has 6 rings (SSSR count). The summed E-state index contributed by atoms with van der Waals surface area (Å²) in [7, 11) is 0. The van der Waals surface area contributed by atoms with Crippen LogP contribution in [-0.2, 0) is 16.6 Å². The second-order valence-electron chi connectivity index (χ2n) is 12.8. The molecular weight excluding hydrogens is 616 g/mol. The van der Waals surface area contributed by atoms with Crippen molar-refractivity contribution in [1.82, 2.24) is 34.4 Å². The van der Waals surface area contributed by atoms with Gasteiger partial charge < -0.3 is 56.3 Å². The van der Waals surface area contributed by atoms with E-state index < -0.39 is 68.7 Å². The van der Waals surface area contributed by atoms with Crippen LogP contribution in [0.25, 0.3) is 22.2 Å². The average Bonchev–Trinajstić information content (AvgIpc) is 3.76. The molecule has 1 saturated carbocycles. The lowest BCUT2D eigenvalue weighted by molar-refractivity contribution is -0.206. The zero-order valence-corrected chi connectivity index (χ0v) is 25.7. The third-order valence-electron chi connectivity index (χ3n) is 9.91. The first-order chi connectivity index (χ1) is 22.6. The number of imidazole rings is 2. The molecule has 3 aromatic heterocycles. The van der Waals surface area contributed by atoms with Gasteiger partial charge in [0.25, 0.3) is 0 Å². The lowest BCUT2D eigenvalue weighted by atomic mass is 9.75. The van der Waals surface area contributed by atoms with E-state index in [1.807, 2.05) is 0 Å². The normalized spacial score (nSPS) is 25.3. The van der Waals surface area contributed by atoms with E-state index in [-0.39, 0.29) is 24.3 Å². The number of hydrogen-bond donors (Lipinski definition) is 10. The van der Waals surface area contributed by atoms with Crippen molar-refractivity contribution in [3.63, 3.8) is 0 Å². The maximum Gasteiger partial charge on any atom is 0.167 e. The van der Waals surface area contributed by atoms with Crippen LogP contribution >= 0.6 is 0 Å². The molecule has 1 aliphatic carbocycles. The minimum atomic E-state index is -1.99. The van der Waals surface area contributed by atoms with Crippen molar-refractivity contribution >= 4 is 28.0 Å². The highest BCUT2D eigenvalue weighted by atomic mass is 16.6. The second-order valence-corrected chi connectivity index (χ2v) is 12.8. The molecule has 0 bridgehead atoms. The van der Waals surface area contributed by atoms with E-state index in [4.69, 9.17) is 10.5 Å². The highest BCUT2D eigenvalue weighted by Gasteiger charge is 2.50. The van der Waals surface area contributed by atoms with Gasteiger partial charge in [-0.15, -0.1) is 0 Å². The number of aromatic nitrogens is 6. The van der Waals surface area contributed by atoms with Gasteiger partial charge >= 0.3 is 0 Å². The maximum absolute atomic E-state index is 11.2. The van der Waals surface area contributed by atoms with Crippen molar-refractivity contribution in [2.75, 3.05) is 45.3 Å². The number of benzene rings is 1. The van der Waals surface area contributed by atoms with Gasteiger partial charge in [0.1, 0.15) is 36.0 Å². The Balaban J connectivity index is 1.11. The summed E-state index contributed by atoms with van der Waals surface area (Å²) in [6.07, 6.45) is 0.531. The van der Waals surface area contributed by atoms with Crippen LogP contribution in [0.3, 0.4) is 0 Å². The molecular formula is C30H42N8O9. The number of hydrogen-bond acceptors (Lipinski definition) is 15. The average molecular weight is 659 g/mol. The van der Waals surface area contributed by atoms with Crippen LogP contribution in [0.1, 0.15) is 36.9 Å². The largest absolute Gasteiger partial charge is 0.395 e. The first kappa shape index (κ1) is 33.5. The van der Waals surface area contributed by atoms with Crippen molar-refractivity contribution in [3.05, 3.63) is 42.2 Å². The highest BCUT2D eigenvalue weighted by molar-refractivity contribution is 5.81. The summed E-state index contributed by atoms with van der Waals surface area (Å²) in [6, 6.07) is 5.04. The number of nitrogen functional groups attached to an aromatic ring is 1. The zero-order valence-electron chi connectivity index (χ0n) is 25.7. The summed E-state index contributed by atoms with van der Waals surface area (Å²) in [5, 5.41) is 82.6.